The molecule has 1 unspecified atom stereocenters. The molecule has 0 saturated carbocycles. The number of nitrogens with zero attached hydrogens (tertiary/aromatic N) is 2. The molecule has 1 atom stereocenters. The van der Waals surface area contributed by atoms with E-state index in [1.807, 2.05) is 6.20 Å². The highest BCUT2D eigenvalue weighted by Crippen LogP contribution is 2.19. The summed E-state index contributed by atoms with van der Waals surface area (Å²) in [7, 11) is 0. The SMILES string of the molecule is CC(C)c1cnn(C(C)C(C)C)c1. The summed E-state index contributed by atoms with van der Waals surface area (Å²) < 4.78 is 2.07. The molecule has 0 aliphatic rings. The van der Waals surface area contributed by atoms with Gasteiger partial charge in [0.15, 0.2) is 0 Å². The largest absolute Gasteiger partial charge is 0.269 e. The second-order valence-electron chi connectivity index (χ2n) is 4.39. The Morgan fingerprint density at radius 2 is 1.77 bits per heavy atom. The van der Waals surface area contributed by atoms with Crippen LogP contribution in [0.1, 0.15) is 52.1 Å². The van der Waals surface area contributed by atoms with Crippen molar-refractivity contribution in [2.24, 2.45) is 5.92 Å². The fourth-order valence-corrected chi connectivity index (χ4v) is 1.18. The van der Waals surface area contributed by atoms with Gasteiger partial charge in [-0.1, -0.05) is 27.7 Å². The molecule has 2 heteroatoms. The Bertz CT molecular complexity index is 261. The number of rotatable bonds is 3. The van der Waals surface area contributed by atoms with Crippen molar-refractivity contribution in [1.82, 2.24) is 9.78 Å². The van der Waals surface area contributed by atoms with E-state index >= 15 is 0 Å². The zero-order valence-electron chi connectivity index (χ0n) is 9.28. The summed E-state index contributed by atoms with van der Waals surface area (Å²) in [5.41, 5.74) is 1.33. The Morgan fingerprint density at radius 1 is 1.15 bits per heavy atom. The van der Waals surface area contributed by atoms with E-state index in [4.69, 9.17) is 0 Å². The van der Waals surface area contributed by atoms with Gasteiger partial charge < -0.3 is 0 Å². The zero-order valence-corrected chi connectivity index (χ0v) is 9.28. The third-order valence-electron chi connectivity index (χ3n) is 2.67. The summed E-state index contributed by atoms with van der Waals surface area (Å²) in [5.74, 6) is 1.22. The van der Waals surface area contributed by atoms with Crippen LogP contribution in [-0.2, 0) is 0 Å². The summed E-state index contributed by atoms with van der Waals surface area (Å²) in [4.78, 5) is 0. The smallest absolute Gasteiger partial charge is 0.0524 e. The van der Waals surface area contributed by atoms with Crippen LogP contribution in [0.2, 0.25) is 0 Å². The molecule has 1 aromatic rings. The van der Waals surface area contributed by atoms with Crippen molar-refractivity contribution in [1.29, 1.82) is 0 Å². The Kier molecular flexibility index (Phi) is 3.12. The standard InChI is InChI=1S/C11H20N2/c1-8(2)10(5)13-7-11(6-12-13)9(3)4/h6-10H,1-5H3. The van der Waals surface area contributed by atoms with Crippen LogP contribution in [-0.4, -0.2) is 9.78 Å². The van der Waals surface area contributed by atoms with Gasteiger partial charge in [-0.05, 0) is 24.3 Å². The van der Waals surface area contributed by atoms with Crippen molar-refractivity contribution < 1.29 is 0 Å². The van der Waals surface area contributed by atoms with Crippen molar-refractivity contribution >= 4 is 0 Å². The lowest BCUT2D eigenvalue weighted by Gasteiger charge is -2.15. The van der Waals surface area contributed by atoms with Crippen LogP contribution in [0.15, 0.2) is 12.4 Å². The molecule has 0 aliphatic heterocycles. The molecule has 0 radical (unpaired) electrons. The van der Waals surface area contributed by atoms with Crippen LogP contribution in [0.3, 0.4) is 0 Å². The van der Waals surface area contributed by atoms with Gasteiger partial charge in [-0.2, -0.15) is 5.10 Å². The Labute approximate surface area is 81.0 Å². The lowest BCUT2D eigenvalue weighted by atomic mass is 10.1. The molecule has 13 heavy (non-hydrogen) atoms. The maximum absolute atomic E-state index is 4.38. The van der Waals surface area contributed by atoms with Gasteiger partial charge in [0.25, 0.3) is 0 Å². The van der Waals surface area contributed by atoms with Gasteiger partial charge >= 0.3 is 0 Å². The second-order valence-corrected chi connectivity index (χ2v) is 4.39. The summed E-state index contributed by atoms with van der Waals surface area (Å²) in [6.07, 6.45) is 4.14. The number of hydrogen-bond donors (Lipinski definition) is 0. The van der Waals surface area contributed by atoms with Gasteiger partial charge in [0.2, 0.25) is 0 Å². The molecule has 0 aromatic carbocycles. The van der Waals surface area contributed by atoms with E-state index < -0.39 is 0 Å². The summed E-state index contributed by atoms with van der Waals surface area (Å²) >= 11 is 0. The van der Waals surface area contributed by atoms with Crippen LogP contribution >= 0.6 is 0 Å². The molecule has 0 saturated heterocycles. The van der Waals surface area contributed by atoms with E-state index in [1.54, 1.807) is 0 Å². The van der Waals surface area contributed by atoms with E-state index in [-0.39, 0.29) is 0 Å². The van der Waals surface area contributed by atoms with Gasteiger partial charge in [-0.15, -0.1) is 0 Å². The van der Waals surface area contributed by atoms with E-state index in [2.05, 4.69) is 50.6 Å². The Morgan fingerprint density at radius 3 is 2.15 bits per heavy atom. The summed E-state index contributed by atoms with van der Waals surface area (Å²) in [6.45, 7) is 11.0. The van der Waals surface area contributed by atoms with Gasteiger partial charge in [0.05, 0.1) is 12.2 Å². The molecule has 0 aliphatic carbocycles. The molecule has 2 nitrogen and oxygen atoms in total. The zero-order chi connectivity index (χ0) is 10.0. The highest BCUT2D eigenvalue weighted by molar-refractivity contribution is 5.09. The fourth-order valence-electron chi connectivity index (χ4n) is 1.18. The number of aromatic nitrogens is 2. The highest BCUT2D eigenvalue weighted by Gasteiger charge is 2.11. The van der Waals surface area contributed by atoms with Crippen molar-refractivity contribution in [3.05, 3.63) is 18.0 Å². The van der Waals surface area contributed by atoms with Crippen molar-refractivity contribution in [3.63, 3.8) is 0 Å². The van der Waals surface area contributed by atoms with E-state index in [0.29, 0.717) is 17.9 Å². The second kappa shape index (κ2) is 3.95. The predicted molar refractivity (Wildman–Crippen MR) is 55.9 cm³/mol. The average molecular weight is 180 g/mol. The van der Waals surface area contributed by atoms with Crippen molar-refractivity contribution in [2.75, 3.05) is 0 Å². The molecule has 0 bridgehead atoms. The molecule has 0 fully saturated rings. The molecule has 74 valence electrons. The third-order valence-corrected chi connectivity index (χ3v) is 2.67. The van der Waals surface area contributed by atoms with Crippen LogP contribution < -0.4 is 0 Å². The van der Waals surface area contributed by atoms with Gasteiger partial charge in [0, 0.05) is 6.20 Å². The lowest BCUT2D eigenvalue weighted by molar-refractivity contribution is 0.375. The van der Waals surface area contributed by atoms with Crippen LogP contribution in [0.4, 0.5) is 0 Å². The molecule has 0 spiro atoms. The Hall–Kier alpha value is -0.790. The quantitative estimate of drug-likeness (QED) is 0.698. The molecular weight excluding hydrogens is 160 g/mol. The van der Waals surface area contributed by atoms with Gasteiger partial charge in [-0.25, -0.2) is 0 Å². The molecule has 1 aromatic heterocycles. The summed E-state index contributed by atoms with van der Waals surface area (Å²) in [6, 6.07) is 0.493. The van der Waals surface area contributed by atoms with E-state index in [9.17, 15) is 0 Å². The van der Waals surface area contributed by atoms with Crippen molar-refractivity contribution in [3.8, 4) is 0 Å². The Balaban J connectivity index is 2.79. The molecule has 0 N–H and O–H groups in total. The maximum atomic E-state index is 4.38. The first-order valence-electron chi connectivity index (χ1n) is 5.06. The van der Waals surface area contributed by atoms with Crippen LogP contribution in [0.5, 0.6) is 0 Å². The maximum Gasteiger partial charge on any atom is 0.0524 e. The minimum absolute atomic E-state index is 0.493. The fraction of sp³-hybridized carbons (Fsp3) is 0.727. The minimum Gasteiger partial charge on any atom is -0.269 e. The van der Waals surface area contributed by atoms with Crippen LogP contribution in [0, 0.1) is 5.92 Å². The minimum atomic E-state index is 0.493. The first-order valence-corrected chi connectivity index (χ1v) is 5.06. The molecule has 1 heterocycles. The van der Waals surface area contributed by atoms with Crippen molar-refractivity contribution in [2.45, 2.75) is 46.6 Å². The first kappa shape index (κ1) is 10.3. The highest BCUT2D eigenvalue weighted by atomic mass is 15.3. The average Bonchev–Trinajstić information content (AvgIpc) is 2.50. The summed E-state index contributed by atoms with van der Waals surface area (Å²) in [5, 5.41) is 4.38. The third kappa shape index (κ3) is 2.33. The molecule has 1 rings (SSSR count). The normalized spacial score (nSPS) is 14.1. The topological polar surface area (TPSA) is 17.8 Å². The predicted octanol–water partition coefficient (Wildman–Crippen LogP) is 3.22. The van der Waals surface area contributed by atoms with E-state index in [1.165, 1.54) is 5.56 Å². The lowest BCUT2D eigenvalue weighted by Crippen LogP contribution is -2.11. The van der Waals surface area contributed by atoms with Gasteiger partial charge in [-0.3, -0.25) is 4.68 Å². The monoisotopic (exact) mass is 180 g/mol. The van der Waals surface area contributed by atoms with E-state index in [0.717, 1.165) is 0 Å². The van der Waals surface area contributed by atoms with Gasteiger partial charge in [0.1, 0.15) is 0 Å². The number of hydrogen-bond acceptors (Lipinski definition) is 1. The molecule has 0 amide bonds. The van der Waals surface area contributed by atoms with Crippen LogP contribution in [0.25, 0.3) is 0 Å². The first-order chi connectivity index (χ1) is 6.02. The molecular formula is C11H20N2.